The number of phenols is 1. The molecule has 2 heterocycles. The zero-order chi connectivity index (χ0) is 20.0. The van der Waals surface area contributed by atoms with E-state index < -0.39 is 36.5 Å². The summed E-state index contributed by atoms with van der Waals surface area (Å²) in [6.07, 6.45) is -7.67. The maximum Gasteiger partial charge on any atom is 0.335 e. The number of furan rings is 1. The van der Waals surface area contributed by atoms with Gasteiger partial charge in [-0.25, -0.2) is 4.79 Å². The Balaban J connectivity index is 1.69. The van der Waals surface area contributed by atoms with E-state index in [1.165, 1.54) is 0 Å². The summed E-state index contributed by atoms with van der Waals surface area (Å²) in [4.78, 5) is 11.3. The Kier molecular flexibility index (Phi) is 4.56. The number of carboxylic acids is 1. The zero-order valence-electron chi connectivity index (χ0n) is 14.5. The third-order valence-electron chi connectivity index (χ3n) is 4.88. The highest BCUT2D eigenvalue weighted by Crippen LogP contribution is 2.36. The average Bonchev–Trinajstić information content (AvgIpc) is 3.10. The second kappa shape index (κ2) is 6.92. The molecule has 1 aliphatic rings. The first kappa shape index (κ1) is 18.5. The first-order chi connectivity index (χ1) is 13.3. The first-order valence-electron chi connectivity index (χ1n) is 8.60. The molecule has 8 heteroatoms. The second-order valence-corrected chi connectivity index (χ2v) is 6.74. The first-order valence-corrected chi connectivity index (χ1v) is 8.60. The number of fused-ring (bicyclic) bond motifs is 1. The molecule has 0 saturated carbocycles. The molecule has 1 fully saturated rings. The van der Waals surface area contributed by atoms with E-state index in [4.69, 9.17) is 9.15 Å². The summed E-state index contributed by atoms with van der Waals surface area (Å²) >= 11 is 0. The van der Waals surface area contributed by atoms with Crippen LogP contribution in [0, 0.1) is 0 Å². The van der Waals surface area contributed by atoms with Gasteiger partial charge in [-0.15, -0.1) is 0 Å². The lowest BCUT2D eigenvalue weighted by Crippen LogP contribution is -2.56. The number of aliphatic hydroxyl groups is 3. The van der Waals surface area contributed by atoms with E-state index in [0.717, 1.165) is 5.56 Å². The predicted octanol–water partition coefficient (Wildman–Crippen LogP) is 1.41. The number of ether oxygens (including phenoxy) is 1. The summed E-state index contributed by atoms with van der Waals surface area (Å²) in [6, 6.07) is 13.2. The molecule has 0 amide bonds. The molecule has 8 nitrogen and oxygen atoms in total. The number of aliphatic hydroxyl groups excluding tert-OH is 3. The van der Waals surface area contributed by atoms with Crippen LogP contribution < -0.4 is 0 Å². The molecule has 3 aromatic rings. The van der Waals surface area contributed by atoms with Gasteiger partial charge in [0.25, 0.3) is 0 Å². The van der Waals surface area contributed by atoms with Gasteiger partial charge < -0.3 is 34.7 Å². The van der Waals surface area contributed by atoms with Crippen LogP contribution in [0.3, 0.4) is 0 Å². The van der Waals surface area contributed by atoms with Crippen molar-refractivity contribution < 1.29 is 39.5 Å². The summed E-state index contributed by atoms with van der Waals surface area (Å²) in [6.45, 7) is 0. The van der Waals surface area contributed by atoms with E-state index in [-0.39, 0.29) is 5.75 Å². The standard InChI is InChI=1S/C20H18O8/c21-12-4-1-9(2-5-12)14-8-11-7-10(3-6-13(11)27-14)18-16(23)15(22)17(24)19(28-18)20(25)26/h1-8,15-19,21-24H,(H,25,26)/t15-,16-,17+,18+,19+/m1/s1. The van der Waals surface area contributed by atoms with Crippen LogP contribution in [0.5, 0.6) is 5.75 Å². The van der Waals surface area contributed by atoms with Gasteiger partial charge in [0.1, 0.15) is 41.5 Å². The van der Waals surface area contributed by atoms with Gasteiger partial charge >= 0.3 is 5.97 Å². The summed E-state index contributed by atoms with van der Waals surface area (Å²) < 4.78 is 11.2. The highest BCUT2D eigenvalue weighted by atomic mass is 16.6. The summed E-state index contributed by atoms with van der Waals surface area (Å²) in [7, 11) is 0. The number of aliphatic carboxylic acids is 1. The van der Waals surface area contributed by atoms with Gasteiger partial charge in [0, 0.05) is 10.9 Å². The number of carbonyl (C=O) groups is 1. The average molecular weight is 386 g/mol. The Bertz CT molecular complexity index is 1010. The lowest BCUT2D eigenvalue weighted by Gasteiger charge is -2.39. The zero-order valence-corrected chi connectivity index (χ0v) is 14.5. The Morgan fingerprint density at radius 3 is 2.29 bits per heavy atom. The van der Waals surface area contributed by atoms with Crippen LogP contribution in [0.4, 0.5) is 0 Å². The fraction of sp³-hybridized carbons (Fsp3) is 0.250. The molecule has 0 spiro atoms. The van der Waals surface area contributed by atoms with Crippen LogP contribution in [0.2, 0.25) is 0 Å². The van der Waals surface area contributed by atoms with Crippen molar-refractivity contribution in [2.75, 3.05) is 0 Å². The van der Waals surface area contributed by atoms with Gasteiger partial charge in [0.2, 0.25) is 0 Å². The minimum absolute atomic E-state index is 0.138. The second-order valence-electron chi connectivity index (χ2n) is 6.74. The maximum atomic E-state index is 11.3. The van der Waals surface area contributed by atoms with Crippen LogP contribution in [0.25, 0.3) is 22.3 Å². The van der Waals surface area contributed by atoms with E-state index in [0.29, 0.717) is 22.3 Å². The van der Waals surface area contributed by atoms with E-state index >= 15 is 0 Å². The number of hydrogen-bond donors (Lipinski definition) is 5. The van der Waals surface area contributed by atoms with Crippen molar-refractivity contribution in [2.24, 2.45) is 0 Å². The molecule has 2 aromatic carbocycles. The molecule has 5 atom stereocenters. The van der Waals surface area contributed by atoms with Gasteiger partial charge in [0.05, 0.1) is 0 Å². The number of phenolic OH excluding ortho intramolecular Hbond substituents is 1. The van der Waals surface area contributed by atoms with Gasteiger partial charge in [-0.3, -0.25) is 0 Å². The van der Waals surface area contributed by atoms with E-state index in [9.17, 15) is 30.3 Å². The van der Waals surface area contributed by atoms with Gasteiger partial charge in [-0.2, -0.15) is 0 Å². The monoisotopic (exact) mass is 386 g/mol. The molecular formula is C20H18O8. The largest absolute Gasteiger partial charge is 0.508 e. The summed E-state index contributed by atoms with van der Waals surface area (Å²) in [5, 5.41) is 49.4. The molecule has 5 N–H and O–H groups in total. The van der Waals surface area contributed by atoms with Crippen LogP contribution in [-0.4, -0.2) is 55.9 Å². The Hall–Kier alpha value is -2.91. The molecule has 28 heavy (non-hydrogen) atoms. The van der Waals surface area contributed by atoms with Crippen molar-refractivity contribution in [3.05, 3.63) is 54.1 Å². The van der Waals surface area contributed by atoms with Crippen molar-refractivity contribution >= 4 is 16.9 Å². The Labute approximate surface area is 158 Å². The third-order valence-corrected chi connectivity index (χ3v) is 4.88. The third kappa shape index (κ3) is 3.12. The molecule has 146 valence electrons. The fourth-order valence-corrected chi connectivity index (χ4v) is 3.37. The Morgan fingerprint density at radius 2 is 1.61 bits per heavy atom. The Morgan fingerprint density at radius 1 is 0.893 bits per heavy atom. The molecular weight excluding hydrogens is 368 g/mol. The highest BCUT2D eigenvalue weighted by molar-refractivity contribution is 5.83. The smallest absolute Gasteiger partial charge is 0.335 e. The molecule has 0 radical (unpaired) electrons. The predicted molar refractivity (Wildman–Crippen MR) is 96.6 cm³/mol. The summed E-state index contributed by atoms with van der Waals surface area (Å²) in [5.74, 6) is -0.724. The quantitative estimate of drug-likeness (QED) is 0.455. The van der Waals surface area contributed by atoms with Gasteiger partial charge in [0.15, 0.2) is 6.10 Å². The topological polar surface area (TPSA) is 141 Å². The van der Waals surface area contributed by atoms with Crippen LogP contribution >= 0.6 is 0 Å². The number of rotatable bonds is 3. The molecule has 1 aromatic heterocycles. The van der Waals surface area contributed by atoms with Crippen molar-refractivity contribution in [2.45, 2.75) is 30.5 Å². The van der Waals surface area contributed by atoms with Crippen LogP contribution in [0.1, 0.15) is 11.7 Å². The molecule has 1 aliphatic heterocycles. The van der Waals surface area contributed by atoms with E-state index in [2.05, 4.69) is 0 Å². The normalized spacial score (nSPS) is 27.8. The molecule has 4 rings (SSSR count). The number of hydrogen-bond acceptors (Lipinski definition) is 7. The lowest BCUT2D eigenvalue weighted by molar-refractivity contribution is -0.229. The van der Waals surface area contributed by atoms with Crippen molar-refractivity contribution in [1.82, 2.24) is 0 Å². The SMILES string of the molecule is O=C(O)[C@H]1O[C@@H](c2ccc3oc(-c4ccc(O)cc4)cc3c2)[C@H](O)[C@@H](O)[C@@H]1O. The lowest BCUT2D eigenvalue weighted by atomic mass is 9.90. The van der Waals surface area contributed by atoms with Gasteiger partial charge in [-0.1, -0.05) is 6.07 Å². The maximum absolute atomic E-state index is 11.3. The summed E-state index contributed by atoms with van der Waals surface area (Å²) in [5.41, 5.74) is 1.76. The van der Waals surface area contributed by atoms with Crippen molar-refractivity contribution in [1.29, 1.82) is 0 Å². The molecule has 1 saturated heterocycles. The van der Waals surface area contributed by atoms with E-state index in [1.807, 2.05) is 0 Å². The van der Waals surface area contributed by atoms with Gasteiger partial charge in [-0.05, 0) is 48.0 Å². The number of benzene rings is 2. The van der Waals surface area contributed by atoms with E-state index in [1.54, 1.807) is 48.5 Å². The van der Waals surface area contributed by atoms with Crippen LogP contribution in [0.15, 0.2) is 52.9 Å². The fourth-order valence-electron chi connectivity index (χ4n) is 3.37. The highest BCUT2D eigenvalue weighted by Gasteiger charge is 2.47. The minimum atomic E-state index is -1.73. The molecule has 0 bridgehead atoms. The van der Waals surface area contributed by atoms with Crippen LogP contribution in [-0.2, 0) is 9.53 Å². The minimum Gasteiger partial charge on any atom is -0.508 e. The molecule has 0 aliphatic carbocycles. The molecule has 0 unspecified atom stereocenters. The number of carboxylic acid groups (broad SMARTS) is 1. The van der Waals surface area contributed by atoms with Crippen molar-refractivity contribution in [3.8, 4) is 17.1 Å². The number of aromatic hydroxyl groups is 1. The van der Waals surface area contributed by atoms with Crippen molar-refractivity contribution in [3.63, 3.8) is 0 Å².